The molecule has 0 fully saturated rings. The number of rotatable bonds is 3. The van der Waals surface area contributed by atoms with Crippen LogP contribution in [0, 0.1) is 0 Å². The van der Waals surface area contributed by atoms with E-state index in [1.807, 2.05) is 6.07 Å². The predicted octanol–water partition coefficient (Wildman–Crippen LogP) is 3.13. The van der Waals surface area contributed by atoms with Crippen LogP contribution in [-0.4, -0.2) is 17.0 Å². The van der Waals surface area contributed by atoms with Crippen LogP contribution in [0.5, 0.6) is 0 Å². The topological polar surface area (TPSA) is 57.6 Å². The third-order valence-corrected chi connectivity index (χ3v) is 3.76. The average molecular weight is 302 g/mol. The summed E-state index contributed by atoms with van der Waals surface area (Å²) in [7, 11) is 0. The first-order chi connectivity index (χ1) is 10.0. The lowest BCUT2D eigenvalue weighted by Crippen LogP contribution is -2.26. The molecule has 1 aliphatic heterocycles. The summed E-state index contributed by atoms with van der Waals surface area (Å²) in [5.41, 5.74) is 2.90. The van der Waals surface area contributed by atoms with Crippen LogP contribution in [0.25, 0.3) is 0 Å². The Morgan fingerprint density at radius 3 is 2.57 bits per heavy atom. The Balaban J connectivity index is 1.87. The zero-order chi connectivity index (χ0) is 15.0. The van der Waals surface area contributed by atoms with Gasteiger partial charge in [0.2, 0.25) is 5.91 Å². The molecular formula is C16H12ClNO3. The van der Waals surface area contributed by atoms with Crippen LogP contribution in [-0.2, 0) is 17.8 Å². The maximum Gasteiger partial charge on any atom is 0.335 e. The molecule has 5 heteroatoms. The van der Waals surface area contributed by atoms with Crippen LogP contribution >= 0.6 is 11.6 Å². The molecule has 3 rings (SSSR count). The van der Waals surface area contributed by atoms with Crippen molar-refractivity contribution in [1.29, 1.82) is 0 Å². The van der Waals surface area contributed by atoms with Gasteiger partial charge in [-0.3, -0.25) is 4.79 Å². The first-order valence-electron chi connectivity index (χ1n) is 6.45. The van der Waals surface area contributed by atoms with Crippen LogP contribution in [0.1, 0.15) is 21.5 Å². The number of aromatic carboxylic acids is 1. The Labute approximate surface area is 126 Å². The average Bonchev–Trinajstić information content (AvgIpc) is 2.76. The molecule has 0 bridgehead atoms. The van der Waals surface area contributed by atoms with Gasteiger partial charge in [0.25, 0.3) is 0 Å². The van der Waals surface area contributed by atoms with Crippen molar-refractivity contribution in [1.82, 2.24) is 0 Å². The number of carbonyl (C=O) groups excluding carboxylic acids is 1. The molecule has 106 valence electrons. The van der Waals surface area contributed by atoms with Crippen LogP contribution in [0.15, 0.2) is 42.5 Å². The molecule has 2 aromatic rings. The Bertz CT molecular complexity index is 725. The van der Waals surface area contributed by atoms with Gasteiger partial charge in [0.15, 0.2) is 0 Å². The summed E-state index contributed by atoms with van der Waals surface area (Å²) in [5, 5.41) is 9.48. The van der Waals surface area contributed by atoms with Crippen molar-refractivity contribution in [3.8, 4) is 0 Å². The summed E-state index contributed by atoms with van der Waals surface area (Å²) in [5.74, 6) is -0.939. The largest absolute Gasteiger partial charge is 0.478 e. The number of hydrogen-bond acceptors (Lipinski definition) is 2. The van der Waals surface area contributed by atoms with Crippen molar-refractivity contribution in [3.63, 3.8) is 0 Å². The van der Waals surface area contributed by atoms with Crippen LogP contribution < -0.4 is 4.90 Å². The van der Waals surface area contributed by atoms with E-state index in [0.29, 0.717) is 18.0 Å². The Kier molecular flexibility index (Phi) is 3.39. The lowest BCUT2D eigenvalue weighted by Gasteiger charge is -2.18. The minimum absolute atomic E-state index is 0.0228. The second kappa shape index (κ2) is 5.22. The molecule has 2 aromatic carbocycles. The Hall–Kier alpha value is -2.33. The maximum absolute atomic E-state index is 12.1. The number of benzene rings is 2. The number of carbonyl (C=O) groups is 2. The van der Waals surface area contributed by atoms with E-state index >= 15 is 0 Å². The van der Waals surface area contributed by atoms with E-state index in [9.17, 15) is 9.59 Å². The molecule has 1 amide bonds. The molecule has 0 aliphatic carbocycles. The van der Waals surface area contributed by atoms with E-state index in [4.69, 9.17) is 16.7 Å². The molecule has 1 heterocycles. The second-order valence-corrected chi connectivity index (χ2v) is 5.37. The lowest BCUT2D eigenvalue weighted by molar-refractivity contribution is -0.117. The summed E-state index contributed by atoms with van der Waals surface area (Å²) in [6.45, 7) is 0.409. The fourth-order valence-corrected chi connectivity index (χ4v) is 2.61. The van der Waals surface area contributed by atoms with Crippen molar-refractivity contribution < 1.29 is 14.7 Å². The molecule has 0 atom stereocenters. The molecule has 0 spiro atoms. The van der Waals surface area contributed by atoms with E-state index in [2.05, 4.69) is 0 Å². The van der Waals surface area contributed by atoms with Gasteiger partial charge in [0, 0.05) is 10.7 Å². The van der Waals surface area contributed by atoms with Crippen molar-refractivity contribution in [3.05, 3.63) is 64.2 Å². The van der Waals surface area contributed by atoms with E-state index in [-0.39, 0.29) is 11.5 Å². The summed E-state index contributed by atoms with van der Waals surface area (Å²) in [6.07, 6.45) is 0.375. The minimum atomic E-state index is -0.962. The molecule has 0 aromatic heterocycles. The number of hydrogen-bond donors (Lipinski definition) is 1. The Morgan fingerprint density at radius 2 is 1.90 bits per heavy atom. The van der Waals surface area contributed by atoms with Gasteiger partial charge in [-0.15, -0.1) is 0 Å². The van der Waals surface area contributed by atoms with Crippen molar-refractivity contribution >= 4 is 29.2 Å². The number of anilines is 1. The van der Waals surface area contributed by atoms with E-state index in [1.165, 1.54) is 12.1 Å². The van der Waals surface area contributed by atoms with Crippen molar-refractivity contribution in [2.75, 3.05) is 4.90 Å². The minimum Gasteiger partial charge on any atom is -0.478 e. The molecule has 0 radical (unpaired) electrons. The SMILES string of the molecule is O=C(O)c1ccc(CN2C(=O)Cc3ccc(Cl)cc32)cc1. The maximum atomic E-state index is 12.1. The number of nitrogens with zero attached hydrogens (tertiary/aromatic N) is 1. The monoisotopic (exact) mass is 301 g/mol. The van der Waals surface area contributed by atoms with Gasteiger partial charge >= 0.3 is 5.97 Å². The highest BCUT2D eigenvalue weighted by molar-refractivity contribution is 6.31. The first-order valence-corrected chi connectivity index (χ1v) is 6.83. The van der Waals surface area contributed by atoms with E-state index in [0.717, 1.165) is 16.8 Å². The van der Waals surface area contributed by atoms with Gasteiger partial charge in [-0.25, -0.2) is 4.79 Å². The van der Waals surface area contributed by atoms with Gasteiger partial charge in [0.1, 0.15) is 0 Å². The van der Waals surface area contributed by atoms with Gasteiger partial charge in [-0.1, -0.05) is 29.8 Å². The molecule has 0 saturated heterocycles. The van der Waals surface area contributed by atoms with E-state index in [1.54, 1.807) is 29.2 Å². The second-order valence-electron chi connectivity index (χ2n) is 4.93. The molecule has 0 unspecified atom stereocenters. The summed E-state index contributed by atoms with van der Waals surface area (Å²) >= 11 is 5.99. The van der Waals surface area contributed by atoms with Gasteiger partial charge < -0.3 is 10.0 Å². The lowest BCUT2D eigenvalue weighted by atomic mass is 10.1. The highest BCUT2D eigenvalue weighted by atomic mass is 35.5. The first kappa shape index (κ1) is 13.6. The quantitative estimate of drug-likeness (QED) is 0.947. The summed E-state index contributed by atoms with van der Waals surface area (Å²) in [6, 6.07) is 11.9. The summed E-state index contributed by atoms with van der Waals surface area (Å²) in [4.78, 5) is 24.6. The van der Waals surface area contributed by atoms with Crippen LogP contribution in [0.3, 0.4) is 0 Å². The standard InChI is InChI=1S/C16H12ClNO3/c17-13-6-5-12-7-15(19)18(14(12)8-13)9-10-1-3-11(4-2-10)16(20)21/h1-6,8H,7,9H2,(H,20,21). The number of fused-ring (bicyclic) bond motifs is 1. The van der Waals surface area contributed by atoms with Crippen molar-refractivity contribution in [2.45, 2.75) is 13.0 Å². The predicted molar refractivity (Wildman–Crippen MR) is 79.7 cm³/mol. The van der Waals surface area contributed by atoms with Gasteiger partial charge in [-0.2, -0.15) is 0 Å². The number of carboxylic acids is 1. The molecular weight excluding hydrogens is 290 g/mol. The zero-order valence-corrected chi connectivity index (χ0v) is 11.8. The fourth-order valence-electron chi connectivity index (χ4n) is 2.44. The van der Waals surface area contributed by atoms with Gasteiger partial charge in [-0.05, 0) is 35.4 Å². The molecule has 0 saturated carbocycles. The smallest absolute Gasteiger partial charge is 0.335 e. The highest BCUT2D eigenvalue weighted by Gasteiger charge is 2.27. The third kappa shape index (κ3) is 2.62. The highest BCUT2D eigenvalue weighted by Crippen LogP contribution is 2.32. The van der Waals surface area contributed by atoms with Crippen LogP contribution in [0.4, 0.5) is 5.69 Å². The van der Waals surface area contributed by atoms with Crippen molar-refractivity contribution in [2.24, 2.45) is 0 Å². The molecule has 21 heavy (non-hydrogen) atoms. The molecule has 1 N–H and O–H groups in total. The van der Waals surface area contributed by atoms with Crippen LogP contribution in [0.2, 0.25) is 5.02 Å². The number of amides is 1. The zero-order valence-electron chi connectivity index (χ0n) is 11.0. The molecule has 1 aliphatic rings. The molecule has 4 nitrogen and oxygen atoms in total. The fraction of sp³-hybridized carbons (Fsp3) is 0.125. The Morgan fingerprint density at radius 1 is 1.19 bits per heavy atom. The third-order valence-electron chi connectivity index (χ3n) is 3.52. The number of carboxylic acid groups (broad SMARTS) is 1. The van der Waals surface area contributed by atoms with Gasteiger partial charge in [0.05, 0.1) is 18.5 Å². The number of halogens is 1. The normalized spacial score (nSPS) is 13.4. The summed E-state index contributed by atoms with van der Waals surface area (Å²) < 4.78 is 0. The van der Waals surface area contributed by atoms with E-state index < -0.39 is 5.97 Å².